The molecule has 0 aromatic carbocycles. The fraction of sp³-hybridized carbons (Fsp3) is 0.706. The minimum atomic E-state index is -0.445. The molecule has 0 saturated heterocycles. The summed E-state index contributed by atoms with van der Waals surface area (Å²) in [7, 11) is 2.06. The third-order valence-electron chi connectivity index (χ3n) is 3.74. The van der Waals surface area contributed by atoms with Gasteiger partial charge in [0, 0.05) is 19.6 Å². The number of nitrogens with one attached hydrogen (secondary N) is 1. The molecule has 0 bridgehead atoms. The van der Waals surface area contributed by atoms with Crippen LogP contribution in [0.4, 0.5) is 4.79 Å². The van der Waals surface area contributed by atoms with Crippen LogP contribution in [0.15, 0.2) is 23.9 Å². The molecule has 1 aliphatic carbocycles. The molecule has 1 N–H and O–H groups in total. The van der Waals surface area contributed by atoms with Gasteiger partial charge < -0.3 is 19.7 Å². The lowest BCUT2D eigenvalue weighted by Crippen LogP contribution is -2.49. The summed E-state index contributed by atoms with van der Waals surface area (Å²) >= 11 is 0. The minimum absolute atomic E-state index is 0.183. The van der Waals surface area contributed by atoms with E-state index in [9.17, 15) is 4.79 Å². The van der Waals surface area contributed by atoms with Gasteiger partial charge in [-0.05, 0) is 57.9 Å². The quantitative estimate of drug-likeness (QED) is 0.848. The number of carbonyl (C=O) groups is 1. The van der Waals surface area contributed by atoms with Crippen LogP contribution in [0.3, 0.4) is 0 Å². The summed E-state index contributed by atoms with van der Waals surface area (Å²) in [6.07, 6.45) is 9.09. The maximum Gasteiger partial charge on any atom is 0.407 e. The maximum absolute atomic E-state index is 11.6. The van der Waals surface area contributed by atoms with Crippen molar-refractivity contribution in [3.05, 3.63) is 23.9 Å². The smallest absolute Gasteiger partial charge is 0.407 e. The van der Waals surface area contributed by atoms with E-state index in [1.807, 2.05) is 20.8 Å². The van der Waals surface area contributed by atoms with Crippen LogP contribution in [-0.2, 0) is 9.47 Å². The van der Waals surface area contributed by atoms with Crippen molar-refractivity contribution in [3.63, 3.8) is 0 Å². The lowest BCUT2D eigenvalue weighted by Gasteiger charge is -2.36. The fourth-order valence-electron chi connectivity index (χ4n) is 2.44. The van der Waals surface area contributed by atoms with Gasteiger partial charge in [0.2, 0.25) is 0 Å². The Bertz CT molecular complexity index is 445. The number of allylic oxidation sites excluding steroid dienone is 1. The molecule has 2 rings (SSSR count). The summed E-state index contributed by atoms with van der Waals surface area (Å²) in [5.41, 5.74) is 0.889. The standard InChI is InChI=1S/C17H28N2O3/c1-17(2,3)22-16(20)18-14-11-15(12-14)21-10-7-13-5-8-19(4)9-6-13/h5-6,8,14-15H,7,9-12H2,1-4H3,(H,18,20). The van der Waals surface area contributed by atoms with Gasteiger partial charge in [-0.2, -0.15) is 0 Å². The largest absolute Gasteiger partial charge is 0.444 e. The first-order valence-electron chi connectivity index (χ1n) is 8.00. The van der Waals surface area contributed by atoms with Gasteiger partial charge in [-0.1, -0.05) is 6.08 Å². The van der Waals surface area contributed by atoms with E-state index < -0.39 is 5.60 Å². The van der Waals surface area contributed by atoms with Crippen LogP contribution in [0.25, 0.3) is 0 Å². The Kier molecular flexibility index (Phi) is 5.51. The molecule has 5 heteroatoms. The first-order valence-corrected chi connectivity index (χ1v) is 8.00. The summed E-state index contributed by atoms with van der Waals surface area (Å²) in [5.74, 6) is 0. The van der Waals surface area contributed by atoms with E-state index in [0.717, 1.165) is 32.4 Å². The van der Waals surface area contributed by atoms with Gasteiger partial charge in [0.1, 0.15) is 5.60 Å². The molecule has 22 heavy (non-hydrogen) atoms. The van der Waals surface area contributed by atoms with Crippen LogP contribution in [0.2, 0.25) is 0 Å². The average molecular weight is 308 g/mol. The van der Waals surface area contributed by atoms with E-state index in [2.05, 4.69) is 35.6 Å². The Morgan fingerprint density at radius 2 is 2.14 bits per heavy atom. The molecule has 0 aromatic rings. The average Bonchev–Trinajstić information content (AvgIpc) is 2.35. The highest BCUT2D eigenvalue weighted by Gasteiger charge is 2.32. The molecule has 1 fully saturated rings. The van der Waals surface area contributed by atoms with Crippen LogP contribution in [0.5, 0.6) is 0 Å². The van der Waals surface area contributed by atoms with Crippen molar-refractivity contribution in [3.8, 4) is 0 Å². The predicted molar refractivity (Wildman–Crippen MR) is 86.6 cm³/mol. The Morgan fingerprint density at radius 3 is 2.73 bits per heavy atom. The Morgan fingerprint density at radius 1 is 1.41 bits per heavy atom. The second kappa shape index (κ2) is 7.18. The number of alkyl carbamates (subject to hydrolysis) is 1. The van der Waals surface area contributed by atoms with Gasteiger partial charge >= 0.3 is 6.09 Å². The molecule has 1 saturated carbocycles. The molecule has 0 spiro atoms. The van der Waals surface area contributed by atoms with Gasteiger partial charge in [0.05, 0.1) is 12.7 Å². The summed E-state index contributed by atoms with van der Waals surface area (Å²) < 4.78 is 11.1. The van der Waals surface area contributed by atoms with Crippen LogP contribution in [0, 0.1) is 0 Å². The van der Waals surface area contributed by atoms with Crippen LogP contribution >= 0.6 is 0 Å². The number of hydrogen-bond donors (Lipinski definition) is 1. The van der Waals surface area contributed by atoms with E-state index in [4.69, 9.17) is 9.47 Å². The van der Waals surface area contributed by atoms with Crippen molar-refractivity contribution < 1.29 is 14.3 Å². The van der Waals surface area contributed by atoms with E-state index in [0.29, 0.717) is 0 Å². The molecule has 1 heterocycles. The molecule has 0 atom stereocenters. The molecule has 0 radical (unpaired) electrons. The summed E-state index contributed by atoms with van der Waals surface area (Å²) in [6, 6.07) is 0.183. The van der Waals surface area contributed by atoms with Crippen molar-refractivity contribution in [2.75, 3.05) is 20.2 Å². The van der Waals surface area contributed by atoms with Gasteiger partial charge in [-0.15, -0.1) is 0 Å². The highest BCUT2D eigenvalue weighted by molar-refractivity contribution is 5.68. The van der Waals surface area contributed by atoms with Crippen molar-refractivity contribution >= 4 is 6.09 Å². The van der Waals surface area contributed by atoms with Crippen LogP contribution < -0.4 is 5.32 Å². The third-order valence-corrected chi connectivity index (χ3v) is 3.74. The lowest BCUT2D eigenvalue weighted by molar-refractivity contribution is -0.0184. The molecular formula is C17H28N2O3. The van der Waals surface area contributed by atoms with Gasteiger partial charge in [-0.3, -0.25) is 0 Å². The minimum Gasteiger partial charge on any atom is -0.444 e. The lowest BCUT2D eigenvalue weighted by atomic mass is 9.89. The zero-order chi connectivity index (χ0) is 16.2. The second-order valence-corrected chi connectivity index (χ2v) is 7.09. The highest BCUT2D eigenvalue weighted by Crippen LogP contribution is 2.24. The number of likely N-dealkylation sites (N-methyl/N-ethyl adjacent to an activating group) is 1. The van der Waals surface area contributed by atoms with Crippen molar-refractivity contribution in [2.45, 2.75) is 57.8 Å². The van der Waals surface area contributed by atoms with Gasteiger partial charge in [0.15, 0.2) is 0 Å². The number of amides is 1. The van der Waals surface area contributed by atoms with Gasteiger partial charge in [-0.25, -0.2) is 4.79 Å². The van der Waals surface area contributed by atoms with Crippen molar-refractivity contribution in [2.24, 2.45) is 0 Å². The number of nitrogens with zero attached hydrogens (tertiary/aromatic N) is 1. The number of rotatable bonds is 5. The first kappa shape index (κ1) is 16.9. The van der Waals surface area contributed by atoms with E-state index in [1.165, 1.54) is 5.57 Å². The molecule has 0 unspecified atom stereocenters. The van der Waals surface area contributed by atoms with E-state index in [-0.39, 0.29) is 18.2 Å². The molecule has 0 aromatic heterocycles. The highest BCUT2D eigenvalue weighted by atomic mass is 16.6. The summed E-state index contributed by atoms with van der Waals surface area (Å²) in [5, 5.41) is 2.88. The fourth-order valence-corrected chi connectivity index (χ4v) is 2.44. The molecular weight excluding hydrogens is 280 g/mol. The van der Waals surface area contributed by atoms with Crippen LogP contribution in [0.1, 0.15) is 40.0 Å². The van der Waals surface area contributed by atoms with Crippen molar-refractivity contribution in [1.82, 2.24) is 10.2 Å². The third kappa shape index (κ3) is 5.72. The normalized spacial score (nSPS) is 24.5. The molecule has 124 valence electrons. The molecule has 1 aliphatic heterocycles. The summed E-state index contributed by atoms with van der Waals surface area (Å²) in [4.78, 5) is 13.8. The second-order valence-electron chi connectivity index (χ2n) is 7.09. The maximum atomic E-state index is 11.6. The zero-order valence-electron chi connectivity index (χ0n) is 14.1. The Labute approximate surface area is 133 Å². The first-order chi connectivity index (χ1) is 10.3. The number of hydrogen-bond acceptors (Lipinski definition) is 4. The summed E-state index contributed by atoms with van der Waals surface area (Å²) in [6.45, 7) is 7.31. The van der Waals surface area contributed by atoms with Crippen molar-refractivity contribution in [1.29, 1.82) is 0 Å². The van der Waals surface area contributed by atoms with Gasteiger partial charge in [0.25, 0.3) is 0 Å². The molecule has 2 aliphatic rings. The Balaban J connectivity index is 1.54. The topological polar surface area (TPSA) is 50.8 Å². The molecule has 5 nitrogen and oxygen atoms in total. The monoisotopic (exact) mass is 308 g/mol. The number of carbonyl (C=O) groups excluding carboxylic acids is 1. The zero-order valence-corrected chi connectivity index (χ0v) is 14.1. The molecule has 1 amide bonds. The van der Waals surface area contributed by atoms with E-state index >= 15 is 0 Å². The van der Waals surface area contributed by atoms with Crippen LogP contribution in [-0.4, -0.2) is 48.9 Å². The Hall–Kier alpha value is -1.49. The number of ether oxygens (including phenoxy) is 2. The SMILES string of the molecule is CN1C=CC(CCOC2CC(NC(=O)OC(C)(C)C)C2)=CC1. The van der Waals surface area contributed by atoms with E-state index in [1.54, 1.807) is 0 Å². The predicted octanol–water partition coefficient (Wildman–Crippen LogP) is 2.83.